The maximum absolute atomic E-state index is 12.3. The number of rotatable bonds is 4. The summed E-state index contributed by atoms with van der Waals surface area (Å²) in [5.74, 6) is -0.392. The Labute approximate surface area is 142 Å². The summed E-state index contributed by atoms with van der Waals surface area (Å²) >= 11 is 7.49. The van der Waals surface area contributed by atoms with Crippen LogP contribution in [0.4, 0.5) is 0 Å². The molecule has 0 radical (unpaired) electrons. The van der Waals surface area contributed by atoms with E-state index < -0.39 is 11.9 Å². The molecule has 1 fully saturated rings. The van der Waals surface area contributed by atoms with Gasteiger partial charge in [0.1, 0.15) is 22.8 Å². The van der Waals surface area contributed by atoms with Crippen LogP contribution in [0.15, 0.2) is 29.6 Å². The van der Waals surface area contributed by atoms with Crippen LogP contribution < -0.4 is 5.32 Å². The van der Waals surface area contributed by atoms with Crippen LogP contribution in [0.5, 0.6) is 0 Å². The van der Waals surface area contributed by atoms with Crippen molar-refractivity contribution in [2.45, 2.75) is 25.0 Å². The molecule has 118 valence electrons. The number of hydrogen-bond acceptors (Lipinski definition) is 5. The van der Waals surface area contributed by atoms with E-state index in [1.54, 1.807) is 29.6 Å². The topological polar surface area (TPSA) is 75.0 Å². The number of halogens is 1. The Morgan fingerprint density at radius 2 is 2.35 bits per heavy atom. The molecule has 7 heteroatoms. The Kier molecular flexibility index (Phi) is 4.91. The lowest BCUT2D eigenvalue weighted by Gasteiger charge is -2.12. The van der Waals surface area contributed by atoms with Crippen LogP contribution in [-0.2, 0) is 4.74 Å². The van der Waals surface area contributed by atoms with Crippen molar-refractivity contribution < 1.29 is 9.53 Å². The molecule has 1 aliphatic rings. The minimum atomic E-state index is -0.816. The second-order valence-electron chi connectivity index (χ2n) is 5.13. The first-order valence-electron chi connectivity index (χ1n) is 7.21. The molecular formula is C16H14ClN3O2S. The Balaban J connectivity index is 1.73. The Hall–Kier alpha value is -1.94. The van der Waals surface area contributed by atoms with Gasteiger partial charge in [-0.05, 0) is 18.9 Å². The van der Waals surface area contributed by atoms with Crippen molar-refractivity contribution in [3.05, 3.63) is 50.9 Å². The lowest BCUT2D eigenvalue weighted by atomic mass is 10.1. The van der Waals surface area contributed by atoms with Crippen molar-refractivity contribution >= 4 is 28.8 Å². The fourth-order valence-corrected chi connectivity index (χ4v) is 3.53. The van der Waals surface area contributed by atoms with E-state index in [9.17, 15) is 10.1 Å². The van der Waals surface area contributed by atoms with Crippen LogP contribution >= 0.6 is 22.9 Å². The summed E-state index contributed by atoms with van der Waals surface area (Å²) in [4.78, 5) is 16.7. The fraction of sp³-hybridized carbons (Fsp3) is 0.312. The monoisotopic (exact) mass is 347 g/mol. The van der Waals surface area contributed by atoms with Crippen molar-refractivity contribution in [3.63, 3.8) is 0 Å². The summed E-state index contributed by atoms with van der Waals surface area (Å²) in [6.45, 7) is 0.731. The summed E-state index contributed by atoms with van der Waals surface area (Å²) < 4.78 is 5.57. The number of carbonyl (C=O) groups excluding carboxylic acids is 1. The number of benzene rings is 1. The third-order valence-electron chi connectivity index (χ3n) is 3.58. The number of nitrogens with one attached hydrogen (secondary N) is 1. The number of thiazole rings is 1. The third kappa shape index (κ3) is 3.53. The zero-order valence-electron chi connectivity index (χ0n) is 12.2. The van der Waals surface area contributed by atoms with E-state index >= 15 is 0 Å². The zero-order valence-corrected chi connectivity index (χ0v) is 13.7. The smallest absolute Gasteiger partial charge is 0.272 e. The van der Waals surface area contributed by atoms with Crippen LogP contribution in [0.2, 0.25) is 5.02 Å². The van der Waals surface area contributed by atoms with E-state index in [0.717, 1.165) is 24.5 Å². The van der Waals surface area contributed by atoms with Gasteiger partial charge in [0.05, 0.1) is 6.07 Å². The molecular weight excluding hydrogens is 334 g/mol. The minimum absolute atomic E-state index is 0.0168. The van der Waals surface area contributed by atoms with Gasteiger partial charge in [0, 0.05) is 22.6 Å². The maximum Gasteiger partial charge on any atom is 0.272 e. The summed E-state index contributed by atoms with van der Waals surface area (Å²) in [5, 5.41) is 14.9. The number of hydrogen-bond donors (Lipinski definition) is 1. The Morgan fingerprint density at radius 3 is 3.04 bits per heavy atom. The van der Waals surface area contributed by atoms with Crippen molar-refractivity contribution in [2.24, 2.45) is 0 Å². The highest BCUT2D eigenvalue weighted by Gasteiger charge is 2.24. The Bertz CT molecular complexity index is 750. The second kappa shape index (κ2) is 7.09. The minimum Gasteiger partial charge on any atom is -0.371 e. The van der Waals surface area contributed by atoms with Gasteiger partial charge in [0.15, 0.2) is 0 Å². The number of carbonyl (C=O) groups is 1. The second-order valence-corrected chi connectivity index (χ2v) is 6.43. The molecule has 0 aliphatic carbocycles. The van der Waals surface area contributed by atoms with Gasteiger partial charge in [-0.1, -0.05) is 29.8 Å². The first-order chi connectivity index (χ1) is 11.2. The molecule has 1 saturated heterocycles. The van der Waals surface area contributed by atoms with Crippen molar-refractivity contribution in [1.29, 1.82) is 5.26 Å². The predicted octanol–water partition coefficient (Wildman–Crippen LogP) is 3.64. The van der Waals surface area contributed by atoms with Crippen LogP contribution in [0, 0.1) is 11.3 Å². The number of ether oxygens (including phenoxy) is 1. The van der Waals surface area contributed by atoms with Gasteiger partial charge in [-0.15, -0.1) is 11.3 Å². The lowest BCUT2D eigenvalue weighted by Crippen LogP contribution is -2.28. The quantitative estimate of drug-likeness (QED) is 0.916. The average molecular weight is 348 g/mol. The molecule has 2 heterocycles. The highest BCUT2D eigenvalue weighted by atomic mass is 35.5. The van der Waals surface area contributed by atoms with Gasteiger partial charge < -0.3 is 10.1 Å². The first kappa shape index (κ1) is 15.9. The molecule has 0 saturated carbocycles. The first-order valence-corrected chi connectivity index (χ1v) is 8.46. The number of amides is 1. The normalized spacial score (nSPS) is 18.3. The molecule has 2 atom stereocenters. The zero-order chi connectivity index (χ0) is 16.2. The Morgan fingerprint density at radius 1 is 1.52 bits per heavy atom. The number of nitriles is 1. The van der Waals surface area contributed by atoms with Crippen molar-refractivity contribution in [3.8, 4) is 6.07 Å². The molecule has 1 aromatic heterocycles. The molecule has 5 nitrogen and oxygen atoms in total. The summed E-state index contributed by atoms with van der Waals surface area (Å²) in [5.41, 5.74) is 0.868. The molecule has 2 aromatic rings. The molecule has 0 spiro atoms. The number of nitrogens with zero attached hydrogens (tertiary/aromatic N) is 2. The number of aromatic nitrogens is 1. The van der Waals surface area contributed by atoms with Crippen LogP contribution in [0.1, 0.15) is 46.0 Å². The van der Waals surface area contributed by atoms with E-state index in [0.29, 0.717) is 16.3 Å². The van der Waals surface area contributed by atoms with E-state index in [4.69, 9.17) is 16.3 Å². The fourth-order valence-electron chi connectivity index (χ4n) is 2.41. The van der Waals surface area contributed by atoms with Gasteiger partial charge >= 0.3 is 0 Å². The predicted molar refractivity (Wildman–Crippen MR) is 87.3 cm³/mol. The summed E-state index contributed by atoms with van der Waals surface area (Å²) in [6.07, 6.45) is 1.92. The molecule has 0 unspecified atom stereocenters. The van der Waals surface area contributed by atoms with E-state index in [2.05, 4.69) is 16.4 Å². The molecule has 1 amide bonds. The largest absolute Gasteiger partial charge is 0.371 e. The molecule has 1 N–H and O–H groups in total. The molecule has 1 aromatic carbocycles. The van der Waals surface area contributed by atoms with Crippen molar-refractivity contribution in [1.82, 2.24) is 10.3 Å². The molecule has 0 bridgehead atoms. The molecule has 23 heavy (non-hydrogen) atoms. The van der Waals surface area contributed by atoms with Crippen LogP contribution in [0.25, 0.3) is 0 Å². The highest BCUT2D eigenvalue weighted by Crippen LogP contribution is 2.30. The van der Waals surface area contributed by atoms with E-state index in [1.807, 2.05) is 0 Å². The lowest BCUT2D eigenvalue weighted by molar-refractivity contribution is 0.0937. The van der Waals surface area contributed by atoms with Gasteiger partial charge in [-0.3, -0.25) is 4.79 Å². The van der Waals surface area contributed by atoms with E-state index in [1.165, 1.54) is 11.3 Å². The van der Waals surface area contributed by atoms with Crippen LogP contribution in [0.3, 0.4) is 0 Å². The summed E-state index contributed by atoms with van der Waals surface area (Å²) in [6, 6.07) is 8.19. The summed E-state index contributed by atoms with van der Waals surface area (Å²) in [7, 11) is 0. The van der Waals surface area contributed by atoms with Crippen LogP contribution in [-0.4, -0.2) is 17.5 Å². The van der Waals surface area contributed by atoms with Gasteiger partial charge in [0.2, 0.25) is 0 Å². The third-order valence-corrected chi connectivity index (χ3v) is 4.86. The van der Waals surface area contributed by atoms with Crippen molar-refractivity contribution in [2.75, 3.05) is 6.61 Å². The average Bonchev–Trinajstić information content (AvgIpc) is 3.23. The van der Waals surface area contributed by atoms with Gasteiger partial charge in [0.25, 0.3) is 5.91 Å². The van der Waals surface area contributed by atoms with Gasteiger partial charge in [-0.25, -0.2) is 4.98 Å². The maximum atomic E-state index is 12.3. The SMILES string of the molecule is N#C[C@@H](NC(=O)c1csc([C@@H]2CCCO2)n1)c1ccccc1Cl. The van der Waals surface area contributed by atoms with E-state index in [-0.39, 0.29) is 6.10 Å². The highest BCUT2D eigenvalue weighted by molar-refractivity contribution is 7.09. The molecule has 3 rings (SSSR count). The standard InChI is InChI=1S/C16H14ClN3O2S/c17-11-5-2-1-4-10(11)12(8-18)19-15(21)13-9-23-16(20-13)14-6-3-7-22-14/h1-2,4-5,9,12,14H,3,6-7H2,(H,19,21)/t12-,14+/m1/s1. The van der Waals surface area contributed by atoms with Gasteiger partial charge in [-0.2, -0.15) is 5.26 Å². The molecule has 1 aliphatic heterocycles.